The number of nitrogens with one attached hydrogen (secondary N) is 1. The summed E-state index contributed by atoms with van der Waals surface area (Å²) in [5.74, 6) is -0.327. The molecule has 4 nitrogen and oxygen atoms in total. The van der Waals surface area contributed by atoms with Crippen LogP contribution >= 0.6 is 11.6 Å². The Kier molecular flexibility index (Phi) is 6.67. The summed E-state index contributed by atoms with van der Waals surface area (Å²) in [5, 5.41) is 3.81. The molecule has 0 saturated carbocycles. The Bertz CT molecular complexity index is 423. The summed E-state index contributed by atoms with van der Waals surface area (Å²) >= 11 is 6.24. The fourth-order valence-corrected chi connectivity index (χ4v) is 2.25. The molecule has 1 aromatic carbocycles. The van der Waals surface area contributed by atoms with Crippen LogP contribution in [0, 0.1) is 0 Å². The second-order valence-corrected chi connectivity index (χ2v) is 4.92. The second-order valence-electron chi connectivity index (χ2n) is 4.51. The molecule has 1 amide bonds. The minimum absolute atomic E-state index is 0.219. The van der Waals surface area contributed by atoms with Gasteiger partial charge in [0.1, 0.15) is 0 Å². The van der Waals surface area contributed by atoms with E-state index < -0.39 is 0 Å². The molecular weight excluding hydrogens is 262 g/mol. The molecule has 1 aromatic rings. The number of rotatable bonds is 8. The molecule has 0 bridgehead atoms. The zero-order valence-corrected chi connectivity index (χ0v) is 12.3. The van der Waals surface area contributed by atoms with Gasteiger partial charge in [0.05, 0.1) is 6.54 Å². The molecule has 0 spiro atoms. The number of benzene rings is 1. The number of hydrogen-bond donors (Lipinski definition) is 2. The maximum atomic E-state index is 11.2. The van der Waals surface area contributed by atoms with E-state index in [1.54, 1.807) is 0 Å². The van der Waals surface area contributed by atoms with Gasteiger partial charge in [-0.05, 0) is 25.6 Å². The lowest BCUT2D eigenvalue weighted by molar-refractivity contribution is -0.116. The number of unbranched alkanes of at least 4 members (excludes halogenated alkanes) is 1. The Balaban J connectivity index is 3.05. The Hall–Kier alpha value is -1.26. The highest BCUT2D eigenvalue weighted by molar-refractivity contribution is 6.31. The average molecular weight is 284 g/mol. The lowest BCUT2D eigenvalue weighted by Crippen LogP contribution is -2.35. The molecule has 0 fully saturated rings. The Labute approximate surface area is 119 Å². The van der Waals surface area contributed by atoms with Crippen molar-refractivity contribution in [3.05, 3.63) is 28.8 Å². The van der Waals surface area contributed by atoms with Crippen LogP contribution in [0.4, 0.5) is 5.69 Å². The molecule has 0 aliphatic heterocycles. The topological polar surface area (TPSA) is 58.4 Å². The van der Waals surface area contributed by atoms with E-state index in [4.69, 9.17) is 17.3 Å². The van der Waals surface area contributed by atoms with Crippen molar-refractivity contribution in [1.82, 2.24) is 5.32 Å². The number of halogens is 1. The maximum Gasteiger partial charge on any atom is 0.236 e. The quantitative estimate of drug-likeness (QED) is 0.769. The van der Waals surface area contributed by atoms with E-state index in [2.05, 4.69) is 12.2 Å². The number of anilines is 1. The molecule has 0 radical (unpaired) electrons. The van der Waals surface area contributed by atoms with Gasteiger partial charge in [0, 0.05) is 29.4 Å². The highest BCUT2D eigenvalue weighted by atomic mass is 35.5. The third-order valence-electron chi connectivity index (χ3n) is 2.92. The Morgan fingerprint density at radius 1 is 1.47 bits per heavy atom. The second kappa shape index (κ2) is 8.02. The fraction of sp³-hybridized carbons (Fsp3) is 0.500. The van der Waals surface area contributed by atoms with Gasteiger partial charge in [0.2, 0.25) is 5.91 Å². The third-order valence-corrected chi connectivity index (χ3v) is 3.27. The summed E-state index contributed by atoms with van der Waals surface area (Å²) in [4.78, 5) is 13.2. The van der Waals surface area contributed by atoms with Gasteiger partial charge in [-0.2, -0.15) is 0 Å². The standard InChI is InChI=1S/C14H22ClN3O/c1-3-4-8-18(10-14(16)19)13-7-5-6-12(15)11(13)9-17-2/h5-7,17H,3-4,8-10H2,1-2H3,(H2,16,19). The molecule has 0 aliphatic carbocycles. The SMILES string of the molecule is CCCCN(CC(N)=O)c1cccc(Cl)c1CNC. The predicted molar refractivity (Wildman–Crippen MR) is 80.5 cm³/mol. The molecule has 0 unspecified atom stereocenters. The van der Waals surface area contributed by atoms with Gasteiger partial charge >= 0.3 is 0 Å². The molecule has 106 valence electrons. The molecule has 5 heteroatoms. The van der Waals surface area contributed by atoms with Gasteiger partial charge in [-0.3, -0.25) is 4.79 Å². The highest BCUT2D eigenvalue weighted by Gasteiger charge is 2.14. The summed E-state index contributed by atoms with van der Waals surface area (Å²) in [6.45, 7) is 3.80. The van der Waals surface area contributed by atoms with Crippen molar-refractivity contribution in [3.63, 3.8) is 0 Å². The monoisotopic (exact) mass is 283 g/mol. The summed E-state index contributed by atoms with van der Waals surface area (Å²) in [6, 6.07) is 5.74. The molecule has 3 N–H and O–H groups in total. The van der Waals surface area contributed by atoms with E-state index >= 15 is 0 Å². The van der Waals surface area contributed by atoms with E-state index in [1.807, 2.05) is 30.1 Å². The van der Waals surface area contributed by atoms with Crippen LogP contribution in [0.5, 0.6) is 0 Å². The Morgan fingerprint density at radius 2 is 2.21 bits per heavy atom. The van der Waals surface area contributed by atoms with Crippen LogP contribution in [0.1, 0.15) is 25.3 Å². The number of amides is 1. The predicted octanol–water partition coefficient (Wildman–Crippen LogP) is 2.15. The van der Waals surface area contributed by atoms with Crippen molar-refractivity contribution in [2.45, 2.75) is 26.3 Å². The smallest absolute Gasteiger partial charge is 0.236 e. The first-order valence-electron chi connectivity index (χ1n) is 6.55. The lowest BCUT2D eigenvalue weighted by Gasteiger charge is -2.26. The molecule has 0 aliphatic rings. The minimum atomic E-state index is -0.327. The normalized spacial score (nSPS) is 10.5. The number of primary amides is 1. The van der Waals surface area contributed by atoms with E-state index in [0.717, 1.165) is 30.6 Å². The lowest BCUT2D eigenvalue weighted by atomic mass is 10.1. The molecular formula is C14H22ClN3O. The molecule has 0 aromatic heterocycles. The van der Waals surface area contributed by atoms with Crippen molar-refractivity contribution in [3.8, 4) is 0 Å². The number of carbonyl (C=O) groups is 1. The first-order valence-corrected chi connectivity index (χ1v) is 6.93. The van der Waals surface area contributed by atoms with Gasteiger partial charge in [-0.1, -0.05) is 31.0 Å². The third kappa shape index (κ3) is 4.73. The van der Waals surface area contributed by atoms with E-state index in [1.165, 1.54) is 0 Å². The fourth-order valence-electron chi connectivity index (χ4n) is 2.02. The summed E-state index contributed by atoms with van der Waals surface area (Å²) < 4.78 is 0. The first kappa shape index (κ1) is 15.8. The molecule has 0 heterocycles. The summed E-state index contributed by atoms with van der Waals surface area (Å²) in [5.41, 5.74) is 7.32. The molecule has 19 heavy (non-hydrogen) atoms. The first-order chi connectivity index (χ1) is 9.10. The van der Waals surface area contributed by atoms with Crippen LogP contribution in [0.3, 0.4) is 0 Å². The van der Waals surface area contributed by atoms with Crippen molar-refractivity contribution in [1.29, 1.82) is 0 Å². The summed E-state index contributed by atoms with van der Waals surface area (Å²) in [7, 11) is 1.87. The van der Waals surface area contributed by atoms with Crippen LogP contribution in [0.2, 0.25) is 5.02 Å². The number of carbonyl (C=O) groups excluding carboxylic acids is 1. The van der Waals surface area contributed by atoms with E-state index in [9.17, 15) is 4.79 Å². The van der Waals surface area contributed by atoms with Gasteiger partial charge in [-0.25, -0.2) is 0 Å². The molecule has 0 atom stereocenters. The van der Waals surface area contributed by atoms with Gasteiger partial charge in [0.25, 0.3) is 0 Å². The average Bonchev–Trinajstić information content (AvgIpc) is 2.37. The van der Waals surface area contributed by atoms with Crippen LogP contribution < -0.4 is 16.0 Å². The van der Waals surface area contributed by atoms with Crippen LogP contribution in [-0.2, 0) is 11.3 Å². The highest BCUT2D eigenvalue weighted by Crippen LogP contribution is 2.27. The van der Waals surface area contributed by atoms with Crippen molar-refractivity contribution in [2.24, 2.45) is 5.73 Å². The minimum Gasteiger partial charge on any atom is -0.368 e. The van der Waals surface area contributed by atoms with Gasteiger partial charge in [0.15, 0.2) is 0 Å². The van der Waals surface area contributed by atoms with E-state index in [-0.39, 0.29) is 12.5 Å². The van der Waals surface area contributed by atoms with Gasteiger partial charge in [-0.15, -0.1) is 0 Å². The van der Waals surface area contributed by atoms with Crippen LogP contribution in [0.25, 0.3) is 0 Å². The van der Waals surface area contributed by atoms with Crippen molar-refractivity contribution in [2.75, 3.05) is 25.0 Å². The zero-order chi connectivity index (χ0) is 14.3. The maximum absolute atomic E-state index is 11.2. The van der Waals surface area contributed by atoms with Crippen LogP contribution in [-0.4, -0.2) is 26.0 Å². The zero-order valence-electron chi connectivity index (χ0n) is 11.6. The van der Waals surface area contributed by atoms with Crippen LogP contribution in [0.15, 0.2) is 18.2 Å². The largest absolute Gasteiger partial charge is 0.368 e. The number of hydrogen-bond acceptors (Lipinski definition) is 3. The van der Waals surface area contributed by atoms with Crippen molar-refractivity contribution >= 4 is 23.2 Å². The number of nitrogens with zero attached hydrogens (tertiary/aromatic N) is 1. The van der Waals surface area contributed by atoms with E-state index in [0.29, 0.717) is 11.6 Å². The Morgan fingerprint density at radius 3 is 2.79 bits per heavy atom. The van der Waals surface area contributed by atoms with Crippen molar-refractivity contribution < 1.29 is 4.79 Å². The summed E-state index contributed by atoms with van der Waals surface area (Å²) in [6.07, 6.45) is 2.08. The number of nitrogens with two attached hydrogens (primary N) is 1. The van der Waals surface area contributed by atoms with Gasteiger partial charge < -0.3 is 16.0 Å². The molecule has 1 rings (SSSR count). The molecule has 0 saturated heterocycles.